The summed E-state index contributed by atoms with van der Waals surface area (Å²) in [5, 5.41) is 5.27. The lowest BCUT2D eigenvalue weighted by molar-refractivity contribution is 0.231. The molecule has 2 nitrogen and oxygen atoms in total. The van der Waals surface area contributed by atoms with E-state index >= 15 is 0 Å². The largest absolute Gasteiger partial charge is 0.247 e. The highest BCUT2D eigenvalue weighted by atomic mass is 14.8. The van der Waals surface area contributed by atoms with Crippen molar-refractivity contribution in [3.05, 3.63) is 107 Å². The first kappa shape index (κ1) is 27.1. The van der Waals surface area contributed by atoms with Crippen LogP contribution in [0.2, 0.25) is 0 Å². The minimum atomic E-state index is 0.0965. The van der Waals surface area contributed by atoms with E-state index in [1.54, 1.807) is 11.1 Å². The van der Waals surface area contributed by atoms with Gasteiger partial charge in [0.25, 0.3) is 0 Å². The summed E-state index contributed by atoms with van der Waals surface area (Å²) in [6, 6.07) is 31.6. The minimum absolute atomic E-state index is 0.0965. The van der Waals surface area contributed by atoms with Gasteiger partial charge >= 0.3 is 0 Å². The SMILES string of the molecule is CC12CCC(c3c1c(-c1cccc4c(-c5nc6ccccc6c6c5C5(C)CCC6C5(C)C)cccc14)nc1ccccc31)C2(C)C. The summed E-state index contributed by atoms with van der Waals surface area (Å²) in [4.78, 5) is 11.1. The highest BCUT2D eigenvalue weighted by Gasteiger charge is 2.62. The minimum Gasteiger partial charge on any atom is -0.247 e. The number of aromatic nitrogens is 2. The van der Waals surface area contributed by atoms with E-state index in [-0.39, 0.29) is 21.7 Å². The van der Waals surface area contributed by atoms with E-state index in [1.165, 1.54) is 80.9 Å². The molecule has 0 radical (unpaired) electrons. The van der Waals surface area contributed by atoms with Crippen LogP contribution in [0.5, 0.6) is 0 Å². The zero-order valence-electron chi connectivity index (χ0n) is 28.0. The van der Waals surface area contributed by atoms with Gasteiger partial charge in [-0.3, -0.25) is 0 Å². The molecule has 2 heteroatoms. The molecule has 4 aliphatic carbocycles. The van der Waals surface area contributed by atoms with Crippen molar-refractivity contribution in [1.29, 1.82) is 0 Å². The molecule has 0 aliphatic heterocycles. The Kier molecular flexibility index (Phi) is 4.98. The highest BCUT2D eigenvalue weighted by molar-refractivity contribution is 6.06. The molecule has 0 amide bonds. The van der Waals surface area contributed by atoms with Crippen molar-refractivity contribution in [2.24, 2.45) is 10.8 Å². The molecular formula is C44H42N2. The number of rotatable bonds is 2. The Morgan fingerprint density at radius 3 is 1.30 bits per heavy atom. The summed E-state index contributed by atoms with van der Waals surface area (Å²) in [5.74, 6) is 1.13. The molecule has 6 aromatic rings. The average Bonchev–Trinajstić information content (AvgIpc) is 3.58. The Hall–Kier alpha value is -4.04. The van der Waals surface area contributed by atoms with Crippen molar-refractivity contribution in [2.45, 2.75) is 89.9 Å². The lowest BCUT2D eigenvalue weighted by Gasteiger charge is -2.36. The molecule has 2 aromatic heterocycles. The third kappa shape index (κ3) is 2.93. The van der Waals surface area contributed by atoms with Gasteiger partial charge in [0, 0.05) is 32.7 Å². The Bertz CT molecular complexity index is 2160. The van der Waals surface area contributed by atoms with Crippen molar-refractivity contribution in [3.63, 3.8) is 0 Å². The molecule has 2 saturated carbocycles. The van der Waals surface area contributed by atoms with Crippen LogP contribution in [-0.2, 0) is 10.8 Å². The zero-order valence-corrected chi connectivity index (χ0v) is 28.0. The second-order valence-electron chi connectivity index (χ2n) is 16.5. The van der Waals surface area contributed by atoms with Crippen molar-refractivity contribution < 1.29 is 0 Å². The first-order chi connectivity index (χ1) is 22.1. The van der Waals surface area contributed by atoms with Crippen LogP contribution in [0.1, 0.15) is 101 Å². The van der Waals surface area contributed by atoms with Gasteiger partial charge in [0.2, 0.25) is 0 Å². The monoisotopic (exact) mass is 598 g/mol. The van der Waals surface area contributed by atoms with E-state index in [2.05, 4.69) is 126 Å². The molecule has 2 fully saturated rings. The first-order valence-electron chi connectivity index (χ1n) is 17.5. The molecule has 10 rings (SSSR count). The fourth-order valence-electron chi connectivity index (χ4n) is 11.3. The van der Waals surface area contributed by atoms with Crippen molar-refractivity contribution >= 4 is 32.6 Å². The van der Waals surface area contributed by atoms with Crippen molar-refractivity contribution in [3.8, 4) is 22.5 Å². The molecule has 0 saturated heterocycles. The summed E-state index contributed by atoms with van der Waals surface area (Å²) in [7, 11) is 0. The molecule has 2 heterocycles. The molecule has 4 unspecified atom stereocenters. The highest BCUT2D eigenvalue weighted by Crippen LogP contribution is 2.71. The van der Waals surface area contributed by atoms with Crippen LogP contribution in [0.3, 0.4) is 0 Å². The van der Waals surface area contributed by atoms with Gasteiger partial charge in [-0.15, -0.1) is 0 Å². The normalized spacial score (nSPS) is 28.0. The van der Waals surface area contributed by atoms with Crippen LogP contribution in [-0.4, -0.2) is 9.97 Å². The summed E-state index contributed by atoms with van der Waals surface area (Å²) < 4.78 is 0. The molecule has 4 bridgehead atoms. The summed E-state index contributed by atoms with van der Waals surface area (Å²) in [6.07, 6.45) is 4.98. The number of nitrogens with zero attached hydrogens (tertiary/aromatic N) is 2. The number of hydrogen-bond donors (Lipinski definition) is 0. The predicted molar refractivity (Wildman–Crippen MR) is 192 cm³/mol. The number of benzene rings is 4. The van der Waals surface area contributed by atoms with Gasteiger partial charge in [0.1, 0.15) is 0 Å². The third-order valence-electron chi connectivity index (χ3n) is 14.6. The Balaban J connectivity index is 1.28. The van der Waals surface area contributed by atoms with E-state index in [9.17, 15) is 0 Å². The average molecular weight is 599 g/mol. The van der Waals surface area contributed by atoms with E-state index in [0.717, 1.165) is 11.0 Å². The van der Waals surface area contributed by atoms with E-state index in [4.69, 9.17) is 9.97 Å². The molecular weight excluding hydrogens is 556 g/mol. The lowest BCUT2D eigenvalue weighted by Crippen LogP contribution is -2.32. The maximum absolute atomic E-state index is 5.54. The third-order valence-corrected chi connectivity index (χ3v) is 14.6. The number of hydrogen-bond acceptors (Lipinski definition) is 2. The second kappa shape index (κ2) is 8.45. The first-order valence-corrected chi connectivity index (χ1v) is 17.5. The quantitative estimate of drug-likeness (QED) is 0.198. The number of pyridine rings is 2. The predicted octanol–water partition coefficient (Wildman–Crippen LogP) is 11.6. The van der Waals surface area contributed by atoms with E-state index < -0.39 is 0 Å². The van der Waals surface area contributed by atoms with Gasteiger partial charge in [0.05, 0.1) is 22.4 Å². The van der Waals surface area contributed by atoms with E-state index in [0.29, 0.717) is 11.8 Å². The molecule has 4 aromatic carbocycles. The van der Waals surface area contributed by atoms with Crippen LogP contribution in [0.25, 0.3) is 55.1 Å². The zero-order chi connectivity index (χ0) is 31.4. The van der Waals surface area contributed by atoms with Crippen LogP contribution in [0.4, 0.5) is 0 Å². The number of fused-ring (bicyclic) bond motifs is 15. The Morgan fingerprint density at radius 1 is 0.478 bits per heavy atom. The molecule has 46 heavy (non-hydrogen) atoms. The fraction of sp³-hybridized carbons (Fsp3) is 0.364. The van der Waals surface area contributed by atoms with Gasteiger partial charge in [0.15, 0.2) is 0 Å². The van der Waals surface area contributed by atoms with Gasteiger partial charge in [-0.1, -0.05) is 114 Å². The summed E-state index contributed by atoms with van der Waals surface area (Å²) in [6.45, 7) is 15.1. The smallest absolute Gasteiger partial charge is 0.0756 e. The lowest BCUT2D eigenvalue weighted by atomic mass is 9.67. The summed E-state index contributed by atoms with van der Waals surface area (Å²) in [5.41, 5.74) is 13.9. The maximum atomic E-state index is 5.54. The second-order valence-corrected chi connectivity index (χ2v) is 16.5. The van der Waals surface area contributed by atoms with Gasteiger partial charge < -0.3 is 0 Å². The molecule has 0 N–H and O–H groups in total. The van der Waals surface area contributed by atoms with Gasteiger partial charge in [-0.25, -0.2) is 9.97 Å². The molecule has 4 aliphatic rings. The van der Waals surface area contributed by atoms with Crippen LogP contribution < -0.4 is 0 Å². The Morgan fingerprint density at radius 2 is 0.870 bits per heavy atom. The van der Waals surface area contributed by atoms with Gasteiger partial charge in [-0.05, 0) is 93.5 Å². The molecule has 228 valence electrons. The van der Waals surface area contributed by atoms with Crippen molar-refractivity contribution in [1.82, 2.24) is 9.97 Å². The van der Waals surface area contributed by atoms with Crippen LogP contribution >= 0.6 is 0 Å². The van der Waals surface area contributed by atoms with Crippen molar-refractivity contribution in [2.75, 3.05) is 0 Å². The number of para-hydroxylation sites is 2. The van der Waals surface area contributed by atoms with E-state index in [1.807, 2.05) is 0 Å². The topological polar surface area (TPSA) is 25.8 Å². The molecule has 0 spiro atoms. The van der Waals surface area contributed by atoms with Crippen LogP contribution in [0, 0.1) is 10.8 Å². The van der Waals surface area contributed by atoms with Gasteiger partial charge in [-0.2, -0.15) is 0 Å². The summed E-state index contributed by atoms with van der Waals surface area (Å²) >= 11 is 0. The Labute approximate surface area is 272 Å². The fourth-order valence-corrected chi connectivity index (χ4v) is 11.3. The molecule has 4 atom stereocenters. The standard InChI is InChI=1S/C44H42N2/c1-41(2)31-21-23-43(41,5)37-35(31)29-13-7-9-19-33(29)45-39(37)27-17-11-16-26-25(27)15-12-18-28(26)40-38-36(30-14-8-10-20-34(30)46-40)32-22-24-44(38,6)42(32,3)4/h7-20,31-32H,21-24H2,1-6H3. The van der Waals surface area contributed by atoms with Crippen LogP contribution in [0.15, 0.2) is 84.9 Å². The maximum Gasteiger partial charge on any atom is 0.0756 e.